The van der Waals surface area contributed by atoms with Crippen molar-refractivity contribution in [3.63, 3.8) is 0 Å². The highest BCUT2D eigenvalue weighted by Gasteiger charge is 2.30. The molecule has 0 spiro atoms. The van der Waals surface area contributed by atoms with Crippen LogP contribution in [0.5, 0.6) is 11.5 Å². The summed E-state index contributed by atoms with van der Waals surface area (Å²) in [5.41, 5.74) is 1.07. The van der Waals surface area contributed by atoms with Gasteiger partial charge in [0.15, 0.2) is 17.3 Å². The molecule has 1 atom stereocenters. The van der Waals surface area contributed by atoms with Gasteiger partial charge < -0.3 is 24.1 Å². The number of rotatable bonds is 5. The molecule has 128 valence electrons. The number of nitrogens with zero attached hydrogens (tertiary/aromatic N) is 2. The standard InChI is InChI=1S/C17H21N3O4/c1-11-19-17(24-20-11)15(12-5-7-21-8-6-12)18-9-13-3-2-4-14-16(13)23-10-22-14/h2-4,12,15,18H,5-10H2,1H3/t15-/m0/s1. The van der Waals surface area contributed by atoms with E-state index in [2.05, 4.69) is 15.5 Å². The molecule has 0 saturated carbocycles. The number of aryl methyl sites for hydroxylation is 1. The molecule has 1 fully saturated rings. The summed E-state index contributed by atoms with van der Waals surface area (Å²) in [5.74, 6) is 3.32. The van der Waals surface area contributed by atoms with E-state index in [1.165, 1.54) is 0 Å². The van der Waals surface area contributed by atoms with Gasteiger partial charge in [-0.1, -0.05) is 17.3 Å². The van der Waals surface area contributed by atoms with Crippen molar-refractivity contribution in [3.8, 4) is 11.5 Å². The Labute approximate surface area is 140 Å². The molecule has 0 radical (unpaired) electrons. The summed E-state index contributed by atoms with van der Waals surface area (Å²) in [6.07, 6.45) is 1.96. The predicted octanol–water partition coefficient (Wildman–Crippen LogP) is 2.36. The fraction of sp³-hybridized carbons (Fsp3) is 0.529. The van der Waals surface area contributed by atoms with Crippen molar-refractivity contribution in [3.05, 3.63) is 35.5 Å². The normalized spacial score (nSPS) is 18.7. The van der Waals surface area contributed by atoms with Crippen molar-refractivity contribution in [2.24, 2.45) is 5.92 Å². The van der Waals surface area contributed by atoms with Gasteiger partial charge in [-0.05, 0) is 31.7 Å². The van der Waals surface area contributed by atoms with Gasteiger partial charge in [-0.2, -0.15) is 4.98 Å². The van der Waals surface area contributed by atoms with E-state index in [0.29, 0.717) is 24.2 Å². The van der Waals surface area contributed by atoms with Crippen LogP contribution in [0.4, 0.5) is 0 Å². The maximum atomic E-state index is 5.58. The smallest absolute Gasteiger partial charge is 0.244 e. The fourth-order valence-electron chi connectivity index (χ4n) is 3.29. The number of aromatic nitrogens is 2. The zero-order valence-electron chi connectivity index (χ0n) is 13.7. The van der Waals surface area contributed by atoms with Crippen LogP contribution in [0.1, 0.15) is 36.2 Å². The number of ether oxygens (including phenoxy) is 3. The average Bonchev–Trinajstić information content (AvgIpc) is 3.25. The molecule has 0 amide bonds. The van der Waals surface area contributed by atoms with Crippen LogP contribution in [-0.2, 0) is 11.3 Å². The van der Waals surface area contributed by atoms with Gasteiger partial charge >= 0.3 is 0 Å². The highest BCUT2D eigenvalue weighted by molar-refractivity contribution is 5.48. The molecular formula is C17H21N3O4. The third-order valence-corrected chi connectivity index (χ3v) is 4.54. The highest BCUT2D eigenvalue weighted by atomic mass is 16.7. The van der Waals surface area contributed by atoms with E-state index in [9.17, 15) is 0 Å². The van der Waals surface area contributed by atoms with Gasteiger partial charge in [0, 0.05) is 25.3 Å². The molecule has 1 aromatic carbocycles. The first-order valence-electron chi connectivity index (χ1n) is 8.30. The summed E-state index contributed by atoms with van der Waals surface area (Å²) in [5, 5.41) is 7.52. The summed E-state index contributed by atoms with van der Waals surface area (Å²) in [4.78, 5) is 4.43. The maximum absolute atomic E-state index is 5.58. The van der Waals surface area contributed by atoms with Gasteiger partial charge in [0.2, 0.25) is 12.7 Å². The molecule has 1 aromatic heterocycles. The molecule has 1 N–H and O–H groups in total. The van der Waals surface area contributed by atoms with Crippen LogP contribution >= 0.6 is 0 Å². The topological polar surface area (TPSA) is 78.6 Å². The zero-order valence-corrected chi connectivity index (χ0v) is 13.7. The van der Waals surface area contributed by atoms with E-state index in [4.69, 9.17) is 18.7 Å². The number of nitrogens with one attached hydrogen (secondary N) is 1. The Hall–Kier alpha value is -2.12. The molecule has 7 heteroatoms. The summed E-state index contributed by atoms with van der Waals surface area (Å²) in [6.45, 7) is 4.30. The quantitative estimate of drug-likeness (QED) is 0.901. The van der Waals surface area contributed by atoms with E-state index < -0.39 is 0 Å². The first-order chi connectivity index (χ1) is 11.8. The zero-order chi connectivity index (χ0) is 16.4. The van der Waals surface area contributed by atoms with Crippen LogP contribution in [0.3, 0.4) is 0 Å². The van der Waals surface area contributed by atoms with Crippen LogP contribution < -0.4 is 14.8 Å². The highest BCUT2D eigenvalue weighted by Crippen LogP contribution is 2.36. The van der Waals surface area contributed by atoms with Crippen molar-refractivity contribution < 1.29 is 18.7 Å². The minimum absolute atomic E-state index is 0.00766. The molecule has 7 nitrogen and oxygen atoms in total. The molecule has 1 saturated heterocycles. The Kier molecular flexibility index (Phi) is 4.36. The van der Waals surface area contributed by atoms with Crippen molar-refractivity contribution in [2.45, 2.75) is 32.4 Å². The van der Waals surface area contributed by atoms with Crippen LogP contribution in [0.15, 0.2) is 22.7 Å². The van der Waals surface area contributed by atoms with E-state index in [1.807, 2.05) is 25.1 Å². The number of hydrogen-bond acceptors (Lipinski definition) is 7. The van der Waals surface area contributed by atoms with Crippen molar-refractivity contribution in [1.82, 2.24) is 15.5 Å². The second-order valence-corrected chi connectivity index (χ2v) is 6.14. The Morgan fingerprint density at radius 2 is 2.12 bits per heavy atom. The molecule has 0 unspecified atom stereocenters. The minimum atomic E-state index is 0.00766. The lowest BCUT2D eigenvalue weighted by molar-refractivity contribution is 0.0485. The molecule has 2 aromatic rings. The van der Waals surface area contributed by atoms with Gasteiger partial charge in [0.1, 0.15) is 0 Å². The Morgan fingerprint density at radius 3 is 2.92 bits per heavy atom. The van der Waals surface area contributed by atoms with Gasteiger partial charge in [-0.15, -0.1) is 0 Å². The van der Waals surface area contributed by atoms with E-state index in [-0.39, 0.29) is 12.8 Å². The van der Waals surface area contributed by atoms with Crippen LogP contribution in [0.25, 0.3) is 0 Å². The maximum Gasteiger partial charge on any atom is 0.244 e. The number of benzene rings is 1. The third-order valence-electron chi connectivity index (χ3n) is 4.54. The Bertz CT molecular complexity index is 697. The minimum Gasteiger partial charge on any atom is -0.454 e. The van der Waals surface area contributed by atoms with Crippen molar-refractivity contribution >= 4 is 0 Å². The summed E-state index contributed by atoms with van der Waals surface area (Å²) >= 11 is 0. The lowest BCUT2D eigenvalue weighted by atomic mass is 9.91. The van der Waals surface area contributed by atoms with Crippen LogP contribution in [0.2, 0.25) is 0 Å². The molecule has 2 aliphatic heterocycles. The number of hydrogen-bond donors (Lipinski definition) is 1. The average molecular weight is 331 g/mol. The lowest BCUT2D eigenvalue weighted by Crippen LogP contribution is -2.32. The van der Waals surface area contributed by atoms with Gasteiger partial charge in [0.25, 0.3) is 0 Å². The largest absolute Gasteiger partial charge is 0.454 e. The van der Waals surface area contributed by atoms with Gasteiger partial charge in [0.05, 0.1) is 6.04 Å². The monoisotopic (exact) mass is 331 g/mol. The molecular weight excluding hydrogens is 310 g/mol. The van der Waals surface area contributed by atoms with E-state index in [0.717, 1.165) is 43.1 Å². The summed E-state index contributed by atoms with van der Waals surface area (Å²) in [6, 6.07) is 5.95. The molecule has 3 heterocycles. The lowest BCUT2D eigenvalue weighted by Gasteiger charge is -2.28. The summed E-state index contributed by atoms with van der Waals surface area (Å²) < 4.78 is 22.0. The Balaban J connectivity index is 1.52. The fourth-order valence-corrected chi connectivity index (χ4v) is 3.29. The van der Waals surface area contributed by atoms with Crippen LogP contribution in [-0.4, -0.2) is 30.1 Å². The second-order valence-electron chi connectivity index (χ2n) is 6.14. The summed E-state index contributed by atoms with van der Waals surface area (Å²) in [7, 11) is 0. The first-order valence-corrected chi connectivity index (χ1v) is 8.30. The van der Waals surface area contributed by atoms with E-state index >= 15 is 0 Å². The molecule has 4 rings (SSSR count). The number of fused-ring (bicyclic) bond motifs is 1. The van der Waals surface area contributed by atoms with Gasteiger partial charge in [-0.3, -0.25) is 0 Å². The van der Waals surface area contributed by atoms with Crippen molar-refractivity contribution in [1.29, 1.82) is 0 Å². The van der Waals surface area contributed by atoms with E-state index in [1.54, 1.807) is 0 Å². The SMILES string of the molecule is Cc1noc([C@@H](NCc2cccc3c2OCO3)C2CCOCC2)n1. The van der Waals surface area contributed by atoms with Gasteiger partial charge in [-0.25, -0.2) is 0 Å². The molecule has 24 heavy (non-hydrogen) atoms. The molecule has 2 aliphatic rings. The predicted molar refractivity (Wildman–Crippen MR) is 84.7 cm³/mol. The molecule has 0 bridgehead atoms. The Morgan fingerprint density at radius 1 is 1.25 bits per heavy atom. The van der Waals surface area contributed by atoms with Crippen LogP contribution in [0, 0.1) is 12.8 Å². The van der Waals surface area contributed by atoms with Crippen molar-refractivity contribution in [2.75, 3.05) is 20.0 Å². The first kappa shape index (κ1) is 15.4. The molecule has 0 aliphatic carbocycles. The second kappa shape index (κ2) is 6.78. The number of para-hydroxylation sites is 1. The third kappa shape index (κ3) is 3.09.